The van der Waals surface area contributed by atoms with Crippen molar-refractivity contribution in [2.75, 3.05) is 10.0 Å². The number of fused-ring (bicyclic) bond motifs is 1. The summed E-state index contributed by atoms with van der Waals surface area (Å²) >= 11 is 1.12. The maximum atomic E-state index is 13.4. The number of sulfonamides is 1. The molecule has 0 saturated heterocycles. The van der Waals surface area contributed by atoms with Crippen LogP contribution in [0, 0.1) is 20.2 Å². The summed E-state index contributed by atoms with van der Waals surface area (Å²) in [6.45, 7) is 0. The predicted molar refractivity (Wildman–Crippen MR) is 196 cm³/mol. The van der Waals surface area contributed by atoms with E-state index in [0.717, 1.165) is 34.6 Å². The summed E-state index contributed by atoms with van der Waals surface area (Å²) in [4.78, 5) is 45.8. The van der Waals surface area contributed by atoms with Crippen molar-refractivity contribution in [2.24, 2.45) is 0 Å². The number of nitrogens with zero attached hydrogens (tertiary/aromatic N) is 5. The van der Waals surface area contributed by atoms with E-state index in [1.807, 2.05) is 60.7 Å². The largest absolute Gasteiger partial charge is 0.322 e. The normalized spacial score (nSPS) is 11.3. The van der Waals surface area contributed by atoms with Crippen LogP contribution in [0.25, 0.3) is 28.0 Å². The maximum Gasteiger partial charge on any atom is 0.301 e. The lowest BCUT2D eigenvalue weighted by Gasteiger charge is -2.13. The molecule has 16 heteroatoms. The Bertz CT molecular complexity index is 2560. The third-order valence-corrected chi connectivity index (χ3v) is 10.2. The van der Waals surface area contributed by atoms with Gasteiger partial charge >= 0.3 is 11.4 Å². The lowest BCUT2D eigenvalue weighted by molar-refractivity contribution is -0.393. The molecule has 1 amide bonds. The molecule has 5 aromatic carbocycles. The number of amides is 1. The smallest absolute Gasteiger partial charge is 0.301 e. The van der Waals surface area contributed by atoms with Gasteiger partial charge in [0, 0.05) is 35.2 Å². The Morgan fingerprint density at radius 3 is 2.06 bits per heavy atom. The van der Waals surface area contributed by atoms with E-state index in [-0.39, 0.29) is 33.4 Å². The van der Waals surface area contributed by atoms with E-state index < -0.39 is 37.2 Å². The topological polar surface area (TPSA) is 192 Å². The van der Waals surface area contributed by atoms with Gasteiger partial charge in [0.15, 0.2) is 5.13 Å². The van der Waals surface area contributed by atoms with Crippen molar-refractivity contribution in [1.82, 2.24) is 14.5 Å². The van der Waals surface area contributed by atoms with Crippen LogP contribution in [0.5, 0.6) is 0 Å². The first-order valence-electron chi connectivity index (χ1n) is 15.5. The van der Waals surface area contributed by atoms with Crippen molar-refractivity contribution in [2.45, 2.75) is 11.3 Å². The Morgan fingerprint density at radius 2 is 1.40 bits per heavy atom. The summed E-state index contributed by atoms with van der Waals surface area (Å²) < 4.78 is 30.0. The zero-order valence-corrected chi connectivity index (χ0v) is 28.4. The van der Waals surface area contributed by atoms with Gasteiger partial charge in [-0.15, -0.1) is 11.3 Å². The fraction of sp³-hybridized carbons (Fsp3) is 0.0278. The third-order valence-electron chi connectivity index (χ3n) is 8.00. The Labute approximate surface area is 299 Å². The molecule has 7 rings (SSSR count). The number of para-hydroxylation sites is 2. The zero-order chi connectivity index (χ0) is 36.4. The maximum absolute atomic E-state index is 13.4. The van der Waals surface area contributed by atoms with Gasteiger partial charge in [-0.25, -0.2) is 18.4 Å². The van der Waals surface area contributed by atoms with Gasteiger partial charge in [-0.1, -0.05) is 72.8 Å². The molecule has 2 aromatic heterocycles. The fourth-order valence-electron chi connectivity index (χ4n) is 5.62. The minimum atomic E-state index is -4.05. The zero-order valence-electron chi connectivity index (χ0n) is 26.7. The van der Waals surface area contributed by atoms with Gasteiger partial charge in [0.05, 0.1) is 37.0 Å². The fourth-order valence-corrected chi connectivity index (χ4v) is 7.59. The molecule has 52 heavy (non-hydrogen) atoms. The predicted octanol–water partition coefficient (Wildman–Crippen LogP) is 7.61. The van der Waals surface area contributed by atoms with E-state index in [9.17, 15) is 33.4 Å². The van der Waals surface area contributed by atoms with Crippen LogP contribution in [-0.2, 0) is 16.4 Å². The molecule has 0 bridgehead atoms. The number of carbonyl (C=O) groups is 1. The van der Waals surface area contributed by atoms with Crippen molar-refractivity contribution in [3.63, 3.8) is 0 Å². The Balaban J connectivity index is 1.18. The number of nitro groups is 2. The van der Waals surface area contributed by atoms with Crippen LogP contribution in [0.1, 0.15) is 21.7 Å². The molecule has 2 heterocycles. The van der Waals surface area contributed by atoms with Gasteiger partial charge in [-0.05, 0) is 42.0 Å². The molecule has 7 aromatic rings. The van der Waals surface area contributed by atoms with Gasteiger partial charge in [0.25, 0.3) is 15.9 Å². The SMILES string of the molecule is O=C(Nc1ccc(S(=O)(=O)Nc2nc(-c3ccccc3)cs2)cc1)c1cc([N+](=O)[O-])c(-n2c(Cc3ccccc3)nc3ccccc32)c([N+](=O)[O-])c1. The van der Waals surface area contributed by atoms with Gasteiger partial charge in [-0.2, -0.15) is 0 Å². The lowest BCUT2D eigenvalue weighted by atomic mass is 10.1. The van der Waals surface area contributed by atoms with Gasteiger partial charge in [0.2, 0.25) is 5.69 Å². The quantitative estimate of drug-likeness (QED) is 0.0995. The summed E-state index contributed by atoms with van der Waals surface area (Å²) in [5.74, 6) is -0.561. The molecule has 258 valence electrons. The van der Waals surface area contributed by atoms with Gasteiger partial charge in [-0.3, -0.25) is 34.3 Å². The van der Waals surface area contributed by atoms with Crippen LogP contribution in [0.4, 0.5) is 22.2 Å². The number of nitro benzene ring substituents is 2. The molecule has 0 spiro atoms. The number of imidazole rings is 1. The summed E-state index contributed by atoms with van der Waals surface area (Å²) in [5.41, 5.74) is 1.25. The molecular formula is C36H25N7O7S2. The Kier molecular flexibility index (Phi) is 8.98. The van der Waals surface area contributed by atoms with E-state index in [0.29, 0.717) is 22.6 Å². The lowest BCUT2D eigenvalue weighted by Crippen LogP contribution is -2.15. The number of carbonyl (C=O) groups excluding carboxylic acids is 1. The standard InChI is InChI=1S/C36H25N7O7S2/c44-35(37-26-15-17-27(18-16-26)52(49,50)40-36-39-29(22-51-36)24-11-5-2-6-12-24)25-20-31(42(45)46)34(32(21-25)43(47)48)41-30-14-8-7-13-28(30)38-33(41)19-23-9-3-1-4-10-23/h1-18,20-22H,19H2,(H,37,44)(H,39,40). The summed E-state index contributed by atoms with van der Waals surface area (Å²) in [5, 5.41) is 29.5. The molecule has 0 aliphatic rings. The first kappa shape index (κ1) is 33.7. The van der Waals surface area contributed by atoms with E-state index in [4.69, 9.17) is 0 Å². The van der Waals surface area contributed by atoms with E-state index >= 15 is 0 Å². The summed E-state index contributed by atoms with van der Waals surface area (Å²) in [6.07, 6.45) is 0.214. The van der Waals surface area contributed by atoms with Crippen LogP contribution in [0.3, 0.4) is 0 Å². The highest BCUT2D eigenvalue weighted by Gasteiger charge is 2.33. The second-order valence-electron chi connectivity index (χ2n) is 11.4. The van der Waals surface area contributed by atoms with Crippen molar-refractivity contribution in [1.29, 1.82) is 0 Å². The van der Waals surface area contributed by atoms with Crippen molar-refractivity contribution in [3.8, 4) is 16.9 Å². The minimum Gasteiger partial charge on any atom is -0.322 e. The van der Waals surface area contributed by atoms with Crippen molar-refractivity contribution in [3.05, 3.63) is 164 Å². The average molecular weight is 732 g/mol. The van der Waals surface area contributed by atoms with Crippen LogP contribution < -0.4 is 10.0 Å². The number of nitrogens with one attached hydrogen (secondary N) is 2. The molecule has 0 radical (unpaired) electrons. The molecule has 0 aliphatic carbocycles. The van der Waals surface area contributed by atoms with Crippen LogP contribution in [0.15, 0.2) is 132 Å². The number of anilines is 2. The molecular weight excluding hydrogens is 707 g/mol. The highest BCUT2D eigenvalue weighted by atomic mass is 32.2. The monoisotopic (exact) mass is 731 g/mol. The number of hydrogen-bond acceptors (Lipinski definition) is 10. The third kappa shape index (κ3) is 6.83. The number of aromatic nitrogens is 3. The second kappa shape index (κ2) is 13.9. The molecule has 0 saturated carbocycles. The molecule has 0 unspecified atom stereocenters. The minimum absolute atomic E-state index is 0.114. The second-order valence-corrected chi connectivity index (χ2v) is 13.9. The summed E-state index contributed by atoms with van der Waals surface area (Å²) in [6, 6.07) is 32.4. The van der Waals surface area contributed by atoms with E-state index in [2.05, 4.69) is 20.0 Å². The highest BCUT2D eigenvalue weighted by molar-refractivity contribution is 7.93. The Hall–Kier alpha value is -6.78. The Morgan fingerprint density at radius 1 is 0.788 bits per heavy atom. The van der Waals surface area contributed by atoms with Crippen molar-refractivity contribution >= 4 is 60.5 Å². The van der Waals surface area contributed by atoms with Crippen LogP contribution in [-0.4, -0.2) is 38.7 Å². The van der Waals surface area contributed by atoms with Crippen LogP contribution >= 0.6 is 11.3 Å². The first-order valence-corrected chi connectivity index (χ1v) is 17.9. The van der Waals surface area contributed by atoms with E-state index in [1.165, 1.54) is 28.8 Å². The molecule has 14 nitrogen and oxygen atoms in total. The van der Waals surface area contributed by atoms with Crippen LogP contribution in [0.2, 0.25) is 0 Å². The first-order chi connectivity index (χ1) is 25.1. The number of rotatable bonds is 11. The van der Waals surface area contributed by atoms with Gasteiger partial charge < -0.3 is 5.32 Å². The molecule has 2 N–H and O–H groups in total. The van der Waals surface area contributed by atoms with Gasteiger partial charge in [0.1, 0.15) is 5.82 Å². The number of thiazole rings is 1. The molecule has 0 fully saturated rings. The summed E-state index contributed by atoms with van der Waals surface area (Å²) in [7, 11) is -4.05. The highest BCUT2D eigenvalue weighted by Crippen LogP contribution is 2.38. The molecule has 0 atom stereocenters. The average Bonchev–Trinajstić information content (AvgIpc) is 3.76. The van der Waals surface area contributed by atoms with Crippen molar-refractivity contribution < 1.29 is 23.1 Å². The molecule has 0 aliphatic heterocycles. The van der Waals surface area contributed by atoms with E-state index in [1.54, 1.807) is 29.6 Å². The number of benzene rings is 5. The number of hydrogen-bond donors (Lipinski definition) is 2.